The second-order valence-electron chi connectivity index (χ2n) is 6.54. The number of aromatic nitrogens is 3. The molecule has 0 saturated heterocycles. The highest BCUT2D eigenvalue weighted by molar-refractivity contribution is 5.20. The summed E-state index contributed by atoms with van der Waals surface area (Å²) in [5.41, 5.74) is 5.49. The molecule has 1 N–H and O–H groups in total. The lowest BCUT2D eigenvalue weighted by atomic mass is 10.1. The van der Waals surface area contributed by atoms with Gasteiger partial charge in [-0.1, -0.05) is 12.1 Å². The van der Waals surface area contributed by atoms with Crippen molar-refractivity contribution in [1.82, 2.24) is 19.9 Å². The Labute approximate surface area is 153 Å². The van der Waals surface area contributed by atoms with Crippen LogP contribution >= 0.6 is 0 Å². The van der Waals surface area contributed by atoms with E-state index in [-0.39, 0.29) is 5.43 Å². The van der Waals surface area contributed by atoms with Gasteiger partial charge in [-0.05, 0) is 37.1 Å². The molecule has 3 heterocycles. The van der Waals surface area contributed by atoms with Crippen molar-refractivity contribution >= 4 is 0 Å². The van der Waals surface area contributed by atoms with Crippen molar-refractivity contribution in [3.8, 4) is 0 Å². The Morgan fingerprint density at radius 3 is 2.12 bits per heavy atom. The molecule has 3 rings (SSSR count). The molecule has 0 saturated carbocycles. The van der Waals surface area contributed by atoms with Crippen molar-refractivity contribution in [3.05, 3.63) is 93.4 Å². The maximum absolute atomic E-state index is 11.6. The number of aromatic amines is 1. The zero-order chi connectivity index (χ0) is 18.4. The van der Waals surface area contributed by atoms with Crippen LogP contribution in [0.25, 0.3) is 0 Å². The molecule has 0 unspecified atom stereocenters. The van der Waals surface area contributed by atoms with Crippen LogP contribution in [0.1, 0.15) is 28.2 Å². The molecule has 0 radical (unpaired) electrons. The van der Waals surface area contributed by atoms with Gasteiger partial charge in [-0.3, -0.25) is 19.7 Å². The predicted molar refractivity (Wildman–Crippen MR) is 103 cm³/mol. The first-order valence-corrected chi connectivity index (χ1v) is 8.83. The molecular weight excluding hydrogens is 324 g/mol. The third kappa shape index (κ3) is 4.86. The van der Waals surface area contributed by atoms with Gasteiger partial charge >= 0.3 is 0 Å². The van der Waals surface area contributed by atoms with Crippen molar-refractivity contribution in [3.63, 3.8) is 0 Å². The Morgan fingerprint density at radius 2 is 1.58 bits per heavy atom. The Bertz CT molecular complexity index is 872. The highest BCUT2D eigenvalue weighted by atomic mass is 16.1. The first-order chi connectivity index (χ1) is 12.6. The number of nitrogens with one attached hydrogen (secondary N) is 1. The van der Waals surface area contributed by atoms with Crippen LogP contribution in [0.4, 0.5) is 0 Å². The highest BCUT2D eigenvalue weighted by Gasteiger charge is 2.12. The van der Waals surface area contributed by atoms with E-state index in [4.69, 9.17) is 0 Å². The van der Waals surface area contributed by atoms with E-state index in [0.717, 1.165) is 43.1 Å². The van der Waals surface area contributed by atoms with E-state index < -0.39 is 0 Å². The minimum atomic E-state index is 0.0337. The third-order valence-electron chi connectivity index (χ3n) is 4.51. The van der Waals surface area contributed by atoms with Crippen molar-refractivity contribution < 1.29 is 0 Å². The van der Waals surface area contributed by atoms with Crippen LogP contribution in [0, 0.1) is 13.8 Å². The molecule has 3 aromatic rings. The van der Waals surface area contributed by atoms with E-state index in [1.165, 1.54) is 17.2 Å². The maximum Gasteiger partial charge on any atom is 0.181 e. The van der Waals surface area contributed by atoms with E-state index in [1.807, 2.05) is 24.5 Å². The van der Waals surface area contributed by atoms with E-state index in [2.05, 4.69) is 45.8 Å². The topological polar surface area (TPSA) is 61.9 Å². The summed E-state index contributed by atoms with van der Waals surface area (Å²) in [5, 5.41) is 0. The zero-order valence-electron chi connectivity index (χ0n) is 15.3. The van der Waals surface area contributed by atoms with E-state index in [0.29, 0.717) is 0 Å². The third-order valence-corrected chi connectivity index (χ3v) is 4.51. The first-order valence-electron chi connectivity index (χ1n) is 8.83. The summed E-state index contributed by atoms with van der Waals surface area (Å²) < 4.78 is 0. The minimum Gasteiger partial charge on any atom is -0.365 e. The summed E-state index contributed by atoms with van der Waals surface area (Å²) in [7, 11) is 0. The molecule has 26 heavy (non-hydrogen) atoms. The van der Waals surface area contributed by atoms with Gasteiger partial charge in [-0.25, -0.2) is 0 Å². The Morgan fingerprint density at radius 1 is 0.962 bits per heavy atom. The fourth-order valence-electron chi connectivity index (χ4n) is 2.92. The molecule has 5 nitrogen and oxygen atoms in total. The largest absolute Gasteiger partial charge is 0.365 e. The Kier molecular flexibility index (Phi) is 5.92. The molecule has 5 heteroatoms. The van der Waals surface area contributed by atoms with Crippen molar-refractivity contribution in [2.45, 2.75) is 33.4 Å². The second kappa shape index (κ2) is 8.54. The second-order valence-corrected chi connectivity index (χ2v) is 6.54. The molecule has 3 aromatic heterocycles. The van der Waals surface area contributed by atoms with Gasteiger partial charge < -0.3 is 4.98 Å². The lowest BCUT2D eigenvalue weighted by Gasteiger charge is -2.23. The molecule has 0 spiro atoms. The van der Waals surface area contributed by atoms with Crippen LogP contribution in [0.2, 0.25) is 0 Å². The van der Waals surface area contributed by atoms with Crippen LogP contribution < -0.4 is 5.43 Å². The first kappa shape index (κ1) is 18.0. The smallest absolute Gasteiger partial charge is 0.181 e. The van der Waals surface area contributed by atoms with Crippen molar-refractivity contribution in [2.24, 2.45) is 0 Å². The molecule has 0 aliphatic carbocycles. The highest BCUT2D eigenvalue weighted by Crippen LogP contribution is 2.13. The van der Waals surface area contributed by atoms with Crippen molar-refractivity contribution in [2.75, 3.05) is 6.54 Å². The van der Waals surface area contributed by atoms with Gasteiger partial charge in [0.1, 0.15) is 0 Å². The van der Waals surface area contributed by atoms with Gasteiger partial charge in [0.05, 0.1) is 11.4 Å². The number of H-pyrrole nitrogens is 1. The average Bonchev–Trinajstić information content (AvgIpc) is 2.63. The summed E-state index contributed by atoms with van der Waals surface area (Å²) in [5.74, 6) is 0. The zero-order valence-corrected chi connectivity index (χ0v) is 15.3. The lowest BCUT2D eigenvalue weighted by molar-refractivity contribution is 0.252. The van der Waals surface area contributed by atoms with E-state index in [1.54, 1.807) is 12.3 Å². The summed E-state index contributed by atoms with van der Waals surface area (Å²) in [6.07, 6.45) is 6.14. The molecule has 134 valence electrons. The predicted octanol–water partition coefficient (Wildman–Crippen LogP) is 3.03. The van der Waals surface area contributed by atoms with Gasteiger partial charge in [-0.15, -0.1) is 0 Å². The molecule has 0 amide bonds. The molecule has 0 bridgehead atoms. The number of nitrogens with zero attached hydrogens (tertiary/aromatic N) is 3. The molecule has 0 aliphatic rings. The van der Waals surface area contributed by atoms with Crippen LogP contribution in [-0.2, 0) is 19.5 Å². The standard InChI is InChI=1S/C21H24N4O/c1-16-5-3-9-23-20(16)14-25(15-21-17(2)6-4-10-24-21)12-8-18-13-19(26)7-11-22-18/h3-7,9-11,13H,8,12,14-15H2,1-2H3,(H,22,26). The minimum absolute atomic E-state index is 0.0337. The number of hydrogen-bond acceptors (Lipinski definition) is 4. The molecule has 0 fully saturated rings. The van der Waals surface area contributed by atoms with Crippen LogP contribution in [0.3, 0.4) is 0 Å². The maximum atomic E-state index is 11.6. The molecular formula is C21H24N4O. The van der Waals surface area contributed by atoms with Gasteiger partial charge in [0.25, 0.3) is 0 Å². The number of hydrogen-bond donors (Lipinski definition) is 1. The number of rotatable bonds is 7. The fourth-order valence-corrected chi connectivity index (χ4v) is 2.92. The van der Waals surface area contributed by atoms with Crippen LogP contribution in [-0.4, -0.2) is 26.4 Å². The van der Waals surface area contributed by atoms with Gasteiger partial charge in [0.2, 0.25) is 0 Å². The van der Waals surface area contributed by atoms with Gasteiger partial charge in [-0.2, -0.15) is 0 Å². The Balaban J connectivity index is 1.77. The number of pyridine rings is 3. The van der Waals surface area contributed by atoms with E-state index in [9.17, 15) is 4.79 Å². The molecule has 0 atom stereocenters. The quantitative estimate of drug-likeness (QED) is 0.713. The van der Waals surface area contributed by atoms with Gasteiger partial charge in [0, 0.05) is 62.5 Å². The summed E-state index contributed by atoms with van der Waals surface area (Å²) >= 11 is 0. The monoisotopic (exact) mass is 348 g/mol. The van der Waals surface area contributed by atoms with Crippen molar-refractivity contribution in [1.29, 1.82) is 0 Å². The summed E-state index contributed by atoms with van der Waals surface area (Å²) in [6.45, 7) is 6.48. The lowest BCUT2D eigenvalue weighted by Crippen LogP contribution is -2.27. The summed E-state index contributed by atoms with van der Waals surface area (Å²) in [4.78, 5) is 26.1. The summed E-state index contributed by atoms with van der Waals surface area (Å²) in [6, 6.07) is 11.3. The number of aryl methyl sites for hydroxylation is 2. The normalized spacial score (nSPS) is 11.0. The van der Waals surface area contributed by atoms with Gasteiger partial charge in [0.15, 0.2) is 5.43 Å². The molecule has 0 aliphatic heterocycles. The average molecular weight is 348 g/mol. The SMILES string of the molecule is Cc1cccnc1CN(CCc1cc(=O)cc[nH]1)Cc1ncccc1C. The van der Waals surface area contributed by atoms with Crippen LogP contribution in [0.15, 0.2) is 59.8 Å². The Hall–Kier alpha value is -2.79. The van der Waals surface area contributed by atoms with E-state index >= 15 is 0 Å². The fraction of sp³-hybridized carbons (Fsp3) is 0.286. The van der Waals surface area contributed by atoms with Crippen LogP contribution in [0.5, 0.6) is 0 Å². The molecule has 0 aromatic carbocycles.